The second-order valence-corrected chi connectivity index (χ2v) is 2.96. The molecule has 0 amide bonds. The van der Waals surface area contributed by atoms with Crippen LogP contribution in [0.1, 0.15) is 30.6 Å². The summed E-state index contributed by atoms with van der Waals surface area (Å²) in [6, 6.07) is 3.42. The van der Waals surface area contributed by atoms with Crippen LogP contribution in [-0.4, -0.2) is 11.3 Å². The molecule has 0 aromatic carbocycles. The van der Waals surface area contributed by atoms with Gasteiger partial charge < -0.3 is 0 Å². The molecule has 0 radical (unpaired) electrons. The first-order valence-corrected chi connectivity index (χ1v) is 4.61. The van der Waals surface area contributed by atoms with E-state index in [0.717, 1.165) is 6.29 Å². The van der Waals surface area contributed by atoms with Crippen molar-refractivity contribution in [3.05, 3.63) is 28.5 Å². The number of halogens is 1. The normalized spacial score (nSPS) is 8.25. The highest BCUT2D eigenvalue weighted by molar-refractivity contribution is 9.10. The lowest BCUT2D eigenvalue weighted by molar-refractivity contribution is 0.112. The van der Waals surface area contributed by atoms with Crippen molar-refractivity contribution in [3.8, 4) is 0 Å². The number of rotatable bonds is 1. The average molecular weight is 230 g/mol. The third-order valence-corrected chi connectivity index (χ3v) is 1.58. The monoisotopic (exact) mass is 229 g/mol. The Kier molecular flexibility index (Phi) is 6.57. The number of carbonyl (C=O) groups is 1. The number of nitrogens with zero attached hydrogens (tertiary/aromatic N) is 1. The summed E-state index contributed by atoms with van der Waals surface area (Å²) < 4.78 is 0.597. The molecular weight excluding hydrogens is 218 g/mol. The van der Waals surface area contributed by atoms with Crippen LogP contribution in [0.15, 0.2) is 22.9 Å². The molecule has 1 aromatic heterocycles. The predicted octanol–water partition coefficient (Wildman–Crippen LogP) is 3.07. The lowest BCUT2D eigenvalue weighted by Crippen LogP contribution is -1.82. The fourth-order valence-corrected chi connectivity index (χ4v) is 0.830. The van der Waals surface area contributed by atoms with Crippen LogP contribution in [0.2, 0.25) is 0 Å². The maximum atomic E-state index is 10.2. The smallest absolute Gasteiger partial charge is 0.152 e. The molecule has 1 aromatic rings. The number of carbonyl (C=O) groups excluding carboxylic acids is 1. The Balaban J connectivity index is 0.000000354. The number of hydrogen-bond acceptors (Lipinski definition) is 2. The van der Waals surface area contributed by atoms with Crippen molar-refractivity contribution in [2.75, 3.05) is 0 Å². The second-order valence-electron chi connectivity index (χ2n) is 2.21. The summed E-state index contributed by atoms with van der Waals surface area (Å²) in [4.78, 5) is 14.0. The van der Waals surface area contributed by atoms with Crippen molar-refractivity contribution in [2.24, 2.45) is 0 Å². The maximum absolute atomic E-state index is 10.2. The molecule has 0 saturated carbocycles. The van der Waals surface area contributed by atoms with E-state index in [1.54, 1.807) is 18.3 Å². The zero-order valence-electron chi connectivity index (χ0n) is 7.25. The zero-order chi connectivity index (χ0) is 9.40. The summed E-state index contributed by atoms with van der Waals surface area (Å²) in [7, 11) is 0. The average Bonchev–Trinajstić information content (AvgIpc) is 2.07. The van der Waals surface area contributed by atoms with Crippen molar-refractivity contribution in [3.63, 3.8) is 0 Å². The number of aldehydes is 1. The minimum Gasteiger partial charge on any atom is -0.298 e. The van der Waals surface area contributed by atoms with E-state index in [4.69, 9.17) is 0 Å². The van der Waals surface area contributed by atoms with Gasteiger partial charge in [-0.2, -0.15) is 0 Å². The molecule has 3 heteroatoms. The van der Waals surface area contributed by atoms with Gasteiger partial charge in [0.15, 0.2) is 6.29 Å². The van der Waals surface area contributed by atoms with Crippen LogP contribution in [0.25, 0.3) is 0 Å². The Morgan fingerprint density at radius 3 is 2.50 bits per heavy atom. The van der Waals surface area contributed by atoms with Crippen LogP contribution in [0, 0.1) is 0 Å². The Morgan fingerprint density at radius 1 is 1.58 bits per heavy atom. The zero-order valence-corrected chi connectivity index (χ0v) is 8.84. The van der Waals surface area contributed by atoms with Gasteiger partial charge in [0.25, 0.3) is 0 Å². The molecule has 0 spiro atoms. The van der Waals surface area contributed by atoms with E-state index >= 15 is 0 Å². The van der Waals surface area contributed by atoms with Crippen molar-refractivity contribution >= 4 is 22.2 Å². The molecule has 1 heterocycles. The van der Waals surface area contributed by atoms with Crippen molar-refractivity contribution < 1.29 is 4.79 Å². The van der Waals surface area contributed by atoms with E-state index < -0.39 is 0 Å². The molecule has 2 nitrogen and oxygen atoms in total. The van der Waals surface area contributed by atoms with E-state index in [1.165, 1.54) is 6.42 Å². The fraction of sp³-hybridized carbons (Fsp3) is 0.333. The van der Waals surface area contributed by atoms with Crippen LogP contribution < -0.4 is 0 Å². The second kappa shape index (κ2) is 6.98. The topological polar surface area (TPSA) is 30.0 Å². The Hall–Kier alpha value is -0.700. The van der Waals surface area contributed by atoms with Gasteiger partial charge in [0.05, 0.1) is 0 Å². The summed E-state index contributed by atoms with van der Waals surface area (Å²) in [5.74, 6) is 0. The summed E-state index contributed by atoms with van der Waals surface area (Å²) in [5, 5.41) is 0. The summed E-state index contributed by atoms with van der Waals surface area (Å²) in [5.41, 5.74) is 0.581. The molecule has 0 saturated heterocycles. The maximum Gasteiger partial charge on any atom is 0.152 e. The van der Waals surface area contributed by atoms with Crippen molar-refractivity contribution in [1.29, 1.82) is 0 Å². The predicted molar refractivity (Wildman–Crippen MR) is 53.3 cm³/mol. The van der Waals surface area contributed by atoms with E-state index in [9.17, 15) is 4.79 Å². The van der Waals surface area contributed by atoms with Gasteiger partial charge in [-0.1, -0.05) is 20.3 Å². The summed E-state index contributed by atoms with van der Waals surface area (Å²) >= 11 is 3.11. The van der Waals surface area contributed by atoms with Crippen molar-refractivity contribution in [2.45, 2.75) is 20.3 Å². The fourth-order valence-electron chi connectivity index (χ4n) is 0.486. The number of pyridine rings is 1. The van der Waals surface area contributed by atoms with Gasteiger partial charge in [-0.25, -0.2) is 4.98 Å². The van der Waals surface area contributed by atoms with E-state index in [1.807, 2.05) is 0 Å². The molecule has 0 unspecified atom stereocenters. The van der Waals surface area contributed by atoms with Crippen LogP contribution in [0.5, 0.6) is 0 Å². The highest BCUT2D eigenvalue weighted by Crippen LogP contribution is 2.08. The number of aromatic nitrogens is 1. The van der Waals surface area contributed by atoms with Crippen molar-refractivity contribution in [1.82, 2.24) is 4.98 Å². The van der Waals surface area contributed by atoms with Gasteiger partial charge in [0.1, 0.15) is 4.60 Å². The third-order valence-electron chi connectivity index (χ3n) is 0.915. The Labute approximate surface area is 81.1 Å². The van der Waals surface area contributed by atoms with Crippen LogP contribution in [0.4, 0.5) is 0 Å². The largest absolute Gasteiger partial charge is 0.298 e. The van der Waals surface area contributed by atoms with Crippen LogP contribution >= 0.6 is 15.9 Å². The van der Waals surface area contributed by atoms with Crippen LogP contribution in [-0.2, 0) is 0 Å². The molecule has 0 fully saturated rings. The molecule has 0 aliphatic carbocycles. The van der Waals surface area contributed by atoms with Crippen LogP contribution in [0.3, 0.4) is 0 Å². The SMILES string of the molecule is CCC.O=Cc1cccnc1Br. The quantitative estimate of drug-likeness (QED) is 0.548. The van der Waals surface area contributed by atoms with E-state index in [-0.39, 0.29) is 0 Å². The van der Waals surface area contributed by atoms with E-state index in [0.29, 0.717) is 10.2 Å². The number of hydrogen-bond donors (Lipinski definition) is 0. The summed E-state index contributed by atoms with van der Waals surface area (Å²) in [6.07, 6.45) is 3.63. The van der Waals surface area contributed by atoms with Gasteiger partial charge >= 0.3 is 0 Å². The molecule has 1 rings (SSSR count). The standard InChI is InChI=1S/C6H4BrNO.C3H8/c7-6-5(4-9)2-1-3-8-6;1-3-2/h1-4H;3H2,1-2H3. The molecule has 0 bridgehead atoms. The molecule has 0 atom stereocenters. The molecule has 0 aliphatic rings. The lowest BCUT2D eigenvalue weighted by atomic mass is 10.3. The van der Waals surface area contributed by atoms with Gasteiger partial charge in [-0.3, -0.25) is 4.79 Å². The minimum atomic E-state index is 0.581. The minimum absolute atomic E-state index is 0.581. The molecular formula is C9H12BrNO. The van der Waals surface area contributed by atoms with Gasteiger partial charge in [0.2, 0.25) is 0 Å². The van der Waals surface area contributed by atoms with E-state index in [2.05, 4.69) is 34.8 Å². The van der Waals surface area contributed by atoms with Gasteiger partial charge in [-0.15, -0.1) is 0 Å². The first-order valence-electron chi connectivity index (χ1n) is 3.81. The Bertz CT molecular complexity index is 238. The first kappa shape index (κ1) is 11.3. The molecule has 66 valence electrons. The highest BCUT2D eigenvalue weighted by atomic mass is 79.9. The molecule has 0 N–H and O–H groups in total. The highest BCUT2D eigenvalue weighted by Gasteiger charge is 1.93. The lowest BCUT2D eigenvalue weighted by Gasteiger charge is -1.89. The first-order chi connectivity index (χ1) is 5.76. The molecule has 0 aliphatic heterocycles. The van der Waals surface area contributed by atoms with Gasteiger partial charge in [-0.05, 0) is 28.1 Å². The molecule has 12 heavy (non-hydrogen) atoms. The summed E-state index contributed by atoms with van der Waals surface area (Å²) in [6.45, 7) is 4.25. The Morgan fingerprint density at radius 2 is 2.17 bits per heavy atom. The third kappa shape index (κ3) is 4.23. The van der Waals surface area contributed by atoms with Gasteiger partial charge in [0, 0.05) is 11.8 Å².